The highest BCUT2D eigenvalue weighted by Crippen LogP contribution is 2.40. The molecule has 2 atom stereocenters. The maximum absolute atomic E-state index is 6.08. The van der Waals surface area contributed by atoms with Crippen LogP contribution in [0.15, 0.2) is 48.5 Å². The van der Waals surface area contributed by atoms with Crippen LogP contribution >= 0.6 is 0 Å². The molecule has 104 valence electrons. The normalized spacial score (nSPS) is 20.5. The monoisotopic (exact) mass is 267 g/mol. The predicted octanol–water partition coefficient (Wildman–Crippen LogP) is 4.18. The van der Waals surface area contributed by atoms with Crippen molar-refractivity contribution in [3.05, 3.63) is 54.1 Å². The van der Waals surface area contributed by atoms with Crippen LogP contribution in [0.4, 0.5) is 0 Å². The van der Waals surface area contributed by atoms with Gasteiger partial charge in [-0.15, -0.1) is 0 Å². The third kappa shape index (κ3) is 2.32. The molecule has 0 saturated carbocycles. The molecule has 0 fully saturated rings. The lowest BCUT2D eigenvalue weighted by molar-refractivity contribution is 0.182. The Kier molecular flexibility index (Phi) is 3.75. The zero-order valence-corrected chi connectivity index (χ0v) is 12.1. The first-order valence-corrected chi connectivity index (χ1v) is 7.36. The Labute approximate surface area is 120 Å². The standard InChI is InChI=1S/C18H21NO/c1-3-7-17-18(19-2)15-12-14(10-11-16(15)20-17)13-8-5-4-6-9-13/h4-6,8-12,17-19H,3,7H2,1-2H3. The van der Waals surface area contributed by atoms with Crippen LogP contribution in [0.2, 0.25) is 0 Å². The number of likely N-dealkylation sites (N-methyl/N-ethyl adjacent to an activating group) is 1. The van der Waals surface area contributed by atoms with Gasteiger partial charge in [0.2, 0.25) is 0 Å². The summed E-state index contributed by atoms with van der Waals surface area (Å²) in [5, 5.41) is 3.41. The fourth-order valence-corrected chi connectivity index (χ4v) is 2.99. The summed E-state index contributed by atoms with van der Waals surface area (Å²) in [5.41, 5.74) is 3.79. The van der Waals surface area contributed by atoms with E-state index >= 15 is 0 Å². The molecular formula is C18H21NO. The Hall–Kier alpha value is -1.80. The van der Waals surface area contributed by atoms with E-state index in [0.717, 1.165) is 18.6 Å². The Morgan fingerprint density at radius 3 is 2.55 bits per heavy atom. The Morgan fingerprint density at radius 2 is 1.85 bits per heavy atom. The van der Waals surface area contributed by atoms with Gasteiger partial charge in [0.05, 0.1) is 6.04 Å². The van der Waals surface area contributed by atoms with Gasteiger partial charge >= 0.3 is 0 Å². The number of hydrogen-bond acceptors (Lipinski definition) is 2. The van der Waals surface area contributed by atoms with Crippen molar-refractivity contribution >= 4 is 0 Å². The summed E-state index contributed by atoms with van der Waals surface area (Å²) < 4.78 is 6.08. The summed E-state index contributed by atoms with van der Waals surface area (Å²) in [6.45, 7) is 2.20. The van der Waals surface area contributed by atoms with Crippen LogP contribution in [0.5, 0.6) is 5.75 Å². The smallest absolute Gasteiger partial charge is 0.124 e. The largest absolute Gasteiger partial charge is 0.488 e. The van der Waals surface area contributed by atoms with Crippen LogP contribution in [0.25, 0.3) is 11.1 Å². The van der Waals surface area contributed by atoms with Crippen molar-refractivity contribution in [2.24, 2.45) is 0 Å². The first-order chi connectivity index (χ1) is 9.83. The van der Waals surface area contributed by atoms with Crippen LogP contribution in [0, 0.1) is 0 Å². The van der Waals surface area contributed by atoms with Crippen molar-refractivity contribution in [1.29, 1.82) is 0 Å². The molecule has 1 N–H and O–H groups in total. The lowest BCUT2D eigenvalue weighted by Crippen LogP contribution is -2.28. The average molecular weight is 267 g/mol. The minimum atomic E-state index is 0.256. The molecule has 1 aliphatic heterocycles. The van der Waals surface area contributed by atoms with Crippen molar-refractivity contribution in [3.63, 3.8) is 0 Å². The van der Waals surface area contributed by atoms with Gasteiger partial charge in [0.15, 0.2) is 0 Å². The molecule has 2 unspecified atom stereocenters. The molecule has 2 nitrogen and oxygen atoms in total. The van der Waals surface area contributed by atoms with E-state index in [1.54, 1.807) is 0 Å². The van der Waals surface area contributed by atoms with Crippen LogP contribution in [0.3, 0.4) is 0 Å². The fourth-order valence-electron chi connectivity index (χ4n) is 2.99. The Morgan fingerprint density at radius 1 is 1.05 bits per heavy atom. The van der Waals surface area contributed by atoms with E-state index in [-0.39, 0.29) is 6.10 Å². The molecule has 0 aliphatic carbocycles. The zero-order chi connectivity index (χ0) is 13.9. The minimum Gasteiger partial charge on any atom is -0.488 e. The van der Waals surface area contributed by atoms with Crippen molar-refractivity contribution in [2.75, 3.05) is 7.05 Å². The first kappa shape index (κ1) is 13.2. The van der Waals surface area contributed by atoms with Gasteiger partial charge in [-0.1, -0.05) is 49.7 Å². The van der Waals surface area contributed by atoms with Crippen molar-refractivity contribution in [2.45, 2.75) is 31.9 Å². The van der Waals surface area contributed by atoms with Crippen molar-refractivity contribution < 1.29 is 4.74 Å². The highest BCUT2D eigenvalue weighted by molar-refractivity contribution is 5.66. The van der Waals surface area contributed by atoms with E-state index < -0.39 is 0 Å². The molecule has 1 heterocycles. The second kappa shape index (κ2) is 5.68. The number of ether oxygens (including phenoxy) is 1. The van der Waals surface area contributed by atoms with E-state index in [1.807, 2.05) is 13.1 Å². The number of hydrogen-bond donors (Lipinski definition) is 1. The van der Waals surface area contributed by atoms with Crippen LogP contribution < -0.4 is 10.1 Å². The molecule has 0 aromatic heterocycles. The van der Waals surface area contributed by atoms with Gasteiger partial charge in [-0.05, 0) is 36.7 Å². The molecule has 2 aromatic rings. The lowest BCUT2D eigenvalue weighted by atomic mass is 9.96. The molecule has 0 amide bonds. The quantitative estimate of drug-likeness (QED) is 0.897. The van der Waals surface area contributed by atoms with Crippen molar-refractivity contribution in [1.82, 2.24) is 5.32 Å². The van der Waals surface area contributed by atoms with Crippen molar-refractivity contribution in [3.8, 4) is 16.9 Å². The number of fused-ring (bicyclic) bond motifs is 1. The molecular weight excluding hydrogens is 246 g/mol. The topological polar surface area (TPSA) is 21.3 Å². The van der Waals surface area contributed by atoms with E-state index in [2.05, 4.69) is 54.7 Å². The first-order valence-electron chi connectivity index (χ1n) is 7.36. The Balaban J connectivity index is 1.96. The summed E-state index contributed by atoms with van der Waals surface area (Å²) in [6.07, 6.45) is 2.48. The predicted molar refractivity (Wildman–Crippen MR) is 83.0 cm³/mol. The van der Waals surface area contributed by atoms with E-state index in [4.69, 9.17) is 4.74 Å². The molecule has 1 aliphatic rings. The molecule has 3 rings (SSSR count). The summed E-state index contributed by atoms with van der Waals surface area (Å²) in [6, 6.07) is 17.3. The summed E-state index contributed by atoms with van der Waals surface area (Å²) in [4.78, 5) is 0. The molecule has 0 radical (unpaired) electrons. The maximum Gasteiger partial charge on any atom is 0.124 e. The number of nitrogens with one attached hydrogen (secondary N) is 1. The van der Waals surface area contributed by atoms with Gasteiger partial charge in [0.25, 0.3) is 0 Å². The van der Waals surface area contributed by atoms with Crippen LogP contribution in [0.1, 0.15) is 31.4 Å². The van der Waals surface area contributed by atoms with E-state index in [9.17, 15) is 0 Å². The third-order valence-corrected chi connectivity index (χ3v) is 3.99. The van der Waals surface area contributed by atoms with Gasteiger partial charge in [-0.2, -0.15) is 0 Å². The second-order valence-electron chi connectivity index (χ2n) is 5.33. The molecule has 0 bridgehead atoms. The minimum absolute atomic E-state index is 0.256. The Bertz CT molecular complexity index is 579. The zero-order valence-electron chi connectivity index (χ0n) is 12.1. The number of rotatable bonds is 4. The second-order valence-corrected chi connectivity index (χ2v) is 5.33. The van der Waals surface area contributed by atoms with Crippen LogP contribution in [-0.4, -0.2) is 13.2 Å². The third-order valence-electron chi connectivity index (χ3n) is 3.99. The fraction of sp³-hybridized carbons (Fsp3) is 0.333. The maximum atomic E-state index is 6.08. The molecule has 2 aromatic carbocycles. The van der Waals surface area contributed by atoms with E-state index in [0.29, 0.717) is 6.04 Å². The average Bonchev–Trinajstić information content (AvgIpc) is 2.84. The highest BCUT2D eigenvalue weighted by atomic mass is 16.5. The highest BCUT2D eigenvalue weighted by Gasteiger charge is 2.32. The van der Waals surface area contributed by atoms with E-state index in [1.165, 1.54) is 16.7 Å². The molecule has 0 spiro atoms. The molecule has 20 heavy (non-hydrogen) atoms. The van der Waals surface area contributed by atoms with Gasteiger partial charge < -0.3 is 10.1 Å². The van der Waals surface area contributed by atoms with Gasteiger partial charge in [-0.3, -0.25) is 0 Å². The molecule has 2 heteroatoms. The number of benzene rings is 2. The summed E-state index contributed by atoms with van der Waals surface area (Å²) in [5.74, 6) is 1.03. The van der Waals surface area contributed by atoms with Gasteiger partial charge in [0.1, 0.15) is 11.9 Å². The SMILES string of the molecule is CCCC1Oc2ccc(-c3ccccc3)cc2C1NC. The van der Waals surface area contributed by atoms with Gasteiger partial charge in [-0.25, -0.2) is 0 Å². The lowest BCUT2D eigenvalue weighted by Gasteiger charge is -2.17. The van der Waals surface area contributed by atoms with Crippen LogP contribution in [-0.2, 0) is 0 Å². The summed E-state index contributed by atoms with van der Waals surface area (Å²) in [7, 11) is 2.01. The van der Waals surface area contributed by atoms with Gasteiger partial charge in [0, 0.05) is 5.56 Å². The molecule has 0 saturated heterocycles. The summed E-state index contributed by atoms with van der Waals surface area (Å²) >= 11 is 0.